The molecule has 2 aromatic heterocycles. The molecule has 4 heterocycles. The number of benzene rings is 2. The van der Waals surface area contributed by atoms with E-state index >= 15 is 0 Å². The normalized spacial score (nSPS) is 20.9. The second kappa shape index (κ2) is 11.6. The Labute approximate surface area is 246 Å². The molecule has 12 nitrogen and oxygen atoms in total. The number of hydrogen-bond donors (Lipinski definition) is 2. The fourth-order valence-electron chi connectivity index (χ4n) is 5.02. The number of aromatic nitrogens is 5. The summed E-state index contributed by atoms with van der Waals surface area (Å²) in [6.45, 7) is 4.09. The van der Waals surface area contributed by atoms with Crippen LogP contribution in [0.4, 0.5) is 23.5 Å². The molecule has 2 aromatic carbocycles. The van der Waals surface area contributed by atoms with Crippen molar-refractivity contribution in [3.8, 4) is 5.75 Å². The third kappa shape index (κ3) is 6.10. The Kier molecular flexibility index (Phi) is 7.71. The molecule has 14 heteroatoms. The van der Waals surface area contributed by atoms with Crippen LogP contribution in [-0.4, -0.2) is 70.0 Å². The Morgan fingerprint density at radius 3 is 2.37 bits per heavy atom. The highest BCUT2D eigenvalue weighted by Gasteiger charge is 2.45. The highest BCUT2D eigenvalue weighted by atomic mass is 35.5. The van der Waals surface area contributed by atoms with Crippen molar-refractivity contribution in [2.75, 3.05) is 60.7 Å². The number of hydrogen-bond acceptors (Lipinski definition) is 11. The van der Waals surface area contributed by atoms with Crippen LogP contribution in [0.15, 0.2) is 61.2 Å². The molecule has 0 unspecified atom stereocenters. The number of anilines is 4. The van der Waals surface area contributed by atoms with Crippen LogP contribution in [0.1, 0.15) is 5.56 Å². The van der Waals surface area contributed by atoms with Crippen LogP contribution in [-0.2, 0) is 21.8 Å². The summed E-state index contributed by atoms with van der Waals surface area (Å²) in [7, 11) is 0. The third-order valence-corrected chi connectivity index (χ3v) is 7.56. The lowest BCUT2D eigenvalue weighted by Crippen LogP contribution is -2.47. The molecule has 0 spiro atoms. The van der Waals surface area contributed by atoms with Crippen LogP contribution in [0.5, 0.6) is 5.75 Å². The van der Waals surface area contributed by atoms with E-state index in [0.717, 1.165) is 37.6 Å². The average molecular weight is 598 g/mol. The maximum Gasteiger partial charge on any atom is 0.232 e. The maximum atomic E-state index is 6.56. The fraction of sp³-hybridized carbons (Fsp3) is 0.333. The molecule has 2 fully saturated rings. The van der Waals surface area contributed by atoms with Crippen LogP contribution in [0, 0.1) is 0 Å². The van der Waals surface area contributed by atoms with Crippen molar-refractivity contribution < 1.29 is 14.2 Å². The Balaban J connectivity index is 1.06. The predicted octanol–water partition coefficient (Wildman–Crippen LogP) is 3.21. The van der Waals surface area contributed by atoms with Gasteiger partial charge in [-0.25, -0.2) is 4.98 Å². The zero-order valence-corrected chi connectivity index (χ0v) is 23.6. The van der Waals surface area contributed by atoms with Crippen LogP contribution < -0.4 is 26.0 Å². The molecule has 41 heavy (non-hydrogen) atoms. The molecular weight excluding hydrogens is 569 g/mol. The van der Waals surface area contributed by atoms with Crippen molar-refractivity contribution >= 4 is 46.7 Å². The van der Waals surface area contributed by atoms with Gasteiger partial charge in [-0.05, 0) is 36.4 Å². The predicted molar refractivity (Wildman–Crippen MR) is 156 cm³/mol. The molecular formula is C27H29Cl2N9O3. The monoisotopic (exact) mass is 597 g/mol. The van der Waals surface area contributed by atoms with Crippen LogP contribution in [0.2, 0.25) is 10.0 Å². The molecule has 0 amide bonds. The van der Waals surface area contributed by atoms with Gasteiger partial charge in [-0.1, -0.05) is 29.3 Å². The van der Waals surface area contributed by atoms with Crippen molar-refractivity contribution in [1.29, 1.82) is 0 Å². The van der Waals surface area contributed by atoms with Gasteiger partial charge < -0.3 is 40.0 Å². The van der Waals surface area contributed by atoms with Gasteiger partial charge in [0.25, 0.3) is 0 Å². The summed E-state index contributed by atoms with van der Waals surface area (Å²) in [4.78, 5) is 20.7. The second-order valence-corrected chi connectivity index (χ2v) is 10.6. The summed E-state index contributed by atoms with van der Waals surface area (Å²) in [5.41, 5.74) is 13.2. The number of nitrogens with two attached hydrogens (primary N) is 2. The molecule has 2 atom stereocenters. The number of halogens is 2. The summed E-state index contributed by atoms with van der Waals surface area (Å²) < 4.78 is 20.7. The van der Waals surface area contributed by atoms with E-state index in [0.29, 0.717) is 41.3 Å². The SMILES string of the molecule is Nc1nc(N)nc(N2CCN(c3ccc(OC[C@@H]4CO[C@@](Cn5ccnc5)(c5ccc(Cl)cc5Cl)O4)cc3)CC2)n1. The van der Waals surface area contributed by atoms with E-state index in [-0.39, 0.29) is 18.0 Å². The Hall–Kier alpha value is -3.84. The number of nitrogen functional groups attached to an aromatic ring is 2. The van der Waals surface area contributed by atoms with Gasteiger partial charge in [0.05, 0.1) is 24.5 Å². The number of ether oxygens (including phenoxy) is 3. The molecule has 2 aliphatic rings. The van der Waals surface area contributed by atoms with Crippen LogP contribution in [0.25, 0.3) is 0 Å². The molecule has 4 aromatic rings. The van der Waals surface area contributed by atoms with Crippen LogP contribution >= 0.6 is 23.2 Å². The van der Waals surface area contributed by atoms with E-state index in [4.69, 9.17) is 48.9 Å². The smallest absolute Gasteiger partial charge is 0.232 e. The molecule has 6 rings (SSSR count). The zero-order chi connectivity index (χ0) is 28.4. The number of piperazine rings is 1. The summed E-state index contributed by atoms with van der Waals surface area (Å²) in [6.07, 6.45) is 4.96. The second-order valence-electron chi connectivity index (χ2n) is 9.79. The number of imidazole rings is 1. The molecule has 2 saturated heterocycles. The Bertz CT molecular complexity index is 1460. The van der Waals surface area contributed by atoms with E-state index in [2.05, 4.69) is 29.7 Å². The van der Waals surface area contributed by atoms with Gasteiger partial charge in [-0.3, -0.25) is 0 Å². The van der Waals surface area contributed by atoms with Gasteiger partial charge in [0.15, 0.2) is 0 Å². The first-order chi connectivity index (χ1) is 19.9. The minimum absolute atomic E-state index is 0.123. The Morgan fingerprint density at radius 2 is 1.68 bits per heavy atom. The maximum absolute atomic E-state index is 6.56. The quantitative estimate of drug-likeness (QED) is 0.309. The first-order valence-electron chi connectivity index (χ1n) is 13.1. The van der Waals surface area contributed by atoms with Crippen LogP contribution in [0.3, 0.4) is 0 Å². The molecule has 4 N–H and O–H groups in total. The molecule has 0 radical (unpaired) electrons. The lowest BCUT2D eigenvalue weighted by molar-refractivity contribution is -0.189. The van der Waals surface area contributed by atoms with Gasteiger partial charge >= 0.3 is 0 Å². The first-order valence-corrected chi connectivity index (χ1v) is 13.9. The minimum Gasteiger partial charge on any atom is -0.491 e. The molecule has 0 bridgehead atoms. The highest BCUT2D eigenvalue weighted by molar-refractivity contribution is 6.35. The lowest BCUT2D eigenvalue weighted by Gasteiger charge is -2.36. The minimum atomic E-state index is -1.10. The first kappa shape index (κ1) is 27.3. The van der Waals surface area contributed by atoms with Gasteiger partial charge in [0, 0.05) is 54.8 Å². The lowest BCUT2D eigenvalue weighted by atomic mass is 10.1. The topological polar surface area (TPSA) is 143 Å². The molecule has 0 aliphatic carbocycles. The molecule has 214 valence electrons. The summed E-state index contributed by atoms with van der Waals surface area (Å²) in [6, 6.07) is 13.3. The van der Waals surface area contributed by atoms with E-state index in [1.165, 1.54) is 0 Å². The largest absolute Gasteiger partial charge is 0.491 e. The van der Waals surface area contributed by atoms with Crippen molar-refractivity contribution in [3.05, 3.63) is 76.8 Å². The third-order valence-electron chi connectivity index (χ3n) is 7.01. The highest BCUT2D eigenvalue weighted by Crippen LogP contribution is 2.40. The van der Waals surface area contributed by atoms with E-state index < -0.39 is 5.79 Å². The van der Waals surface area contributed by atoms with Crippen molar-refractivity contribution in [3.63, 3.8) is 0 Å². The van der Waals surface area contributed by atoms with Crippen molar-refractivity contribution in [2.24, 2.45) is 0 Å². The van der Waals surface area contributed by atoms with Gasteiger partial charge in [-0.15, -0.1) is 0 Å². The van der Waals surface area contributed by atoms with E-state index in [9.17, 15) is 0 Å². The average Bonchev–Trinajstić information content (AvgIpc) is 3.62. The molecule has 0 saturated carbocycles. The van der Waals surface area contributed by atoms with Gasteiger partial charge in [-0.2, -0.15) is 15.0 Å². The number of rotatable bonds is 8. The van der Waals surface area contributed by atoms with Gasteiger partial charge in [0.2, 0.25) is 23.6 Å². The fourth-order valence-corrected chi connectivity index (χ4v) is 5.57. The van der Waals surface area contributed by atoms with E-state index in [1.54, 1.807) is 24.7 Å². The van der Waals surface area contributed by atoms with Crippen molar-refractivity contribution in [1.82, 2.24) is 24.5 Å². The summed E-state index contributed by atoms with van der Waals surface area (Å²) >= 11 is 12.7. The van der Waals surface area contributed by atoms with Crippen molar-refractivity contribution in [2.45, 2.75) is 18.4 Å². The Morgan fingerprint density at radius 1 is 0.951 bits per heavy atom. The summed E-state index contributed by atoms with van der Waals surface area (Å²) in [5, 5.41) is 1.01. The standard InChI is InChI=1S/C27H29Cl2N9O3/c28-18-1-6-22(23(29)13-18)27(16-36-8-7-32-17-36)40-15-21(41-27)14-39-20-4-2-19(3-5-20)37-9-11-38(12-10-37)26-34-24(30)33-25(31)35-26/h1-8,13,17,21H,9-12,14-16H2,(H4,30,31,33,34,35)/t21-,27-/m1/s1. The van der Waals surface area contributed by atoms with Gasteiger partial charge in [0.1, 0.15) is 18.5 Å². The zero-order valence-electron chi connectivity index (χ0n) is 22.1. The van der Waals surface area contributed by atoms with E-state index in [1.807, 2.05) is 41.1 Å². The number of nitrogens with zero attached hydrogens (tertiary/aromatic N) is 7. The molecule has 2 aliphatic heterocycles. The summed E-state index contributed by atoms with van der Waals surface area (Å²) in [5.74, 6) is 0.393.